The van der Waals surface area contributed by atoms with Crippen molar-refractivity contribution in [3.05, 3.63) is 29.3 Å². The van der Waals surface area contributed by atoms with Crippen molar-refractivity contribution in [1.29, 1.82) is 0 Å². The molecule has 0 N–H and O–H groups in total. The molecule has 1 aliphatic carbocycles. The second kappa shape index (κ2) is 6.96. The van der Waals surface area contributed by atoms with Gasteiger partial charge in [0.05, 0.1) is 12.0 Å². The number of rotatable bonds is 5. The van der Waals surface area contributed by atoms with Gasteiger partial charge in [-0.15, -0.1) is 0 Å². The van der Waals surface area contributed by atoms with Crippen LogP contribution in [0.1, 0.15) is 56.1 Å². The molecule has 0 radical (unpaired) electrons. The molecule has 2 fully saturated rings. The van der Waals surface area contributed by atoms with Crippen molar-refractivity contribution in [3.63, 3.8) is 0 Å². The third-order valence-electron chi connectivity index (χ3n) is 5.43. The molecule has 1 aromatic carbocycles. The van der Waals surface area contributed by atoms with Crippen molar-refractivity contribution in [3.8, 4) is 5.75 Å². The fraction of sp³-hybridized carbons (Fsp3) is 0.600. The van der Waals surface area contributed by atoms with E-state index in [2.05, 4.69) is 6.07 Å². The van der Waals surface area contributed by atoms with Gasteiger partial charge >= 0.3 is 0 Å². The highest BCUT2D eigenvalue weighted by molar-refractivity contribution is 6.05. The molecule has 3 rings (SSSR count). The number of benzene rings is 1. The molecule has 2 amide bonds. The van der Waals surface area contributed by atoms with Gasteiger partial charge in [-0.2, -0.15) is 0 Å². The van der Waals surface area contributed by atoms with E-state index >= 15 is 0 Å². The van der Waals surface area contributed by atoms with Gasteiger partial charge in [-0.25, -0.2) is 0 Å². The van der Waals surface area contributed by atoms with Crippen molar-refractivity contribution < 1.29 is 14.3 Å². The molecule has 1 saturated heterocycles. The fourth-order valence-corrected chi connectivity index (χ4v) is 3.97. The summed E-state index contributed by atoms with van der Waals surface area (Å²) in [7, 11) is 0. The lowest BCUT2D eigenvalue weighted by Gasteiger charge is -2.30. The first kappa shape index (κ1) is 17.0. The molecule has 0 aromatic heterocycles. The van der Waals surface area contributed by atoms with Crippen molar-refractivity contribution in [1.82, 2.24) is 4.90 Å². The molecule has 24 heavy (non-hydrogen) atoms. The summed E-state index contributed by atoms with van der Waals surface area (Å²) in [5.74, 6) is 0.963. The number of aryl methyl sites for hydroxylation is 2. The fourth-order valence-electron chi connectivity index (χ4n) is 3.97. The van der Waals surface area contributed by atoms with Gasteiger partial charge in [0.15, 0.2) is 0 Å². The number of carbonyl (C=O) groups excluding carboxylic acids is 2. The van der Waals surface area contributed by atoms with Crippen LogP contribution in [0, 0.1) is 19.3 Å². The molecular weight excluding hydrogens is 302 g/mol. The summed E-state index contributed by atoms with van der Waals surface area (Å²) >= 11 is 0. The van der Waals surface area contributed by atoms with E-state index in [0.717, 1.165) is 37.0 Å². The summed E-state index contributed by atoms with van der Waals surface area (Å²) in [4.78, 5) is 26.5. The van der Waals surface area contributed by atoms with E-state index in [1.54, 1.807) is 0 Å². The predicted octanol–water partition coefficient (Wildman–Crippen LogP) is 3.78. The van der Waals surface area contributed by atoms with E-state index in [4.69, 9.17) is 4.74 Å². The predicted molar refractivity (Wildman–Crippen MR) is 92.9 cm³/mol. The maximum absolute atomic E-state index is 12.7. The topological polar surface area (TPSA) is 46.6 Å². The molecular formula is C20H27NO3. The first-order valence-electron chi connectivity index (χ1n) is 9.07. The van der Waals surface area contributed by atoms with E-state index in [9.17, 15) is 9.59 Å². The van der Waals surface area contributed by atoms with Crippen LogP contribution in [0.2, 0.25) is 0 Å². The van der Waals surface area contributed by atoms with Gasteiger partial charge in [-0.1, -0.05) is 31.4 Å². The Morgan fingerprint density at radius 3 is 2.62 bits per heavy atom. The third kappa shape index (κ3) is 3.33. The number of hydrogen-bond acceptors (Lipinski definition) is 3. The normalized spacial score (nSPS) is 20.0. The second-order valence-electron chi connectivity index (χ2n) is 7.34. The lowest BCUT2D eigenvalue weighted by molar-refractivity contribution is -0.142. The average Bonchev–Trinajstić information content (AvgIpc) is 2.79. The first-order chi connectivity index (χ1) is 11.5. The molecule has 0 atom stereocenters. The van der Waals surface area contributed by atoms with Crippen LogP contribution in [0.25, 0.3) is 0 Å². The maximum atomic E-state index is 12.7. The largest absolute Gasteiger partial charge is 0.493 e. The lowest BCUT2D eigenvalue weighted by atomic mass is 9.73. The standard InChI is InChI=1S/C20H27NO3/c1-15-7-8-16(2)17(13-15)24-12-6-11-21-18(22)14-20(19(21)23)9-4-3-5-10-20/h7-8,13H,3-6,9-12,14H2,1-2H3. The molecule has 4 heteroatoms. The molecule has 1 aromatic rings. The zero-order valence-electron chi connectivity index (χ0n) is 14.8. The van der Waals surface area contributed by atoms with Crippen LogP contribution < -0.4 is 4.74 Å². The quantitative estimate of drug-likeness (QED) is 0.610. The van der Waals surface area contributed by atoms with Gasteiger partial charge in [0.25, 0.3) is 0 Å². The molecule has 130 valence electrons. The zero-order chi connectivity index (χ0) is 17.2. The summed E-state index contributed by atoms with van der Waals surface area (Å²) in [6, 6.07) is 6.14. The third-order valence-corrected chi connectivity index (χ3v) is 5.43. The van der Waals surface area contributed by atoms with Crippen LogP contribution in [-0.4, -0.2) is 29.9 Å². The molecule has 1 spiro atoms. The maximum Gasteiger partial charge on any atom is 0.235 e. The van der Waals surface area contributed by atoms with Gasteiger partial charge in [-0.3, -0.25) is 14.5 Å². The average molecular weight is 329 g/mol. The number of nitrogens with zero attached hydrogens (tertiary/aromatic N) is 1. The Morgan fingerprint density at radius 1 is 1.12 bits per heavy atom. The monoisotopic (exact) mass is 329 g/mol. The van der Waals surface area contributed by atoms with Gasteiger partial charge in [0.2, 0.25) is 11.8 Å². The van der Waals surface area contributed by atoms with Crippen molar-refractivity contribution in [2.75, 3.05) is 13.2 Å². The molecule has 0 bridgehead atoms. The minimum absolute atomic E-state index is 0.00800. The van der Waals surface area contributed by atoms with Gasteiger partial charge in [-0.05, 0) is 50.3 Å². The Labute approximate surface area is 144 Å². The van der Waals surface area contributed by atoms with Crippen LogP contribution in [0.5, 0.6) is 5.75 Å². The molecule has 4 nitrogen and oxygen atoms in total. The number of carbonyl (C=O) groups is 2. The Bertz CT molecular complexity index is 632. The van der Waals surface area contributed by atoms with E-state index < -0.39 is 0 Å². The minimum Gasteiger partial charge on any atom is -0.493 e. The zero-order valence-corrected chi connectivity index (χ0v) is 14.8. The highest BCUT2D eigenvalue weighted by Gasteiger charge is 2.51. The minimum atomic E-state index is -0.372. The van der Waals surface area contributed by atoms with Crippen LogP contribution in [0.4, 0.5) is 0 Å². The number of ether oxygens (including phenoxy) is 1. The Morgan fingerprint density at radius 2 is 1.88 bits per heavy atom. The van der Waals surface area contributed by atoms with E-state index in [1.807, 2.05) is 26.0 Å². The van der Waals surface area contributed by atoms with Crippen molar-refractivity contribution >= 4 is 11.8 Å². The van der Waals surface area contributed by atoms with E-state index in [0.29, 0.717) is 26.0 Å². The number of likely N-dealkylation sites (tertiary alicyclic amines) is 1. The molecule has 2 aliphatic rings. The summed E-state index contributed by atoms with van der Waals surface area (Å²) in [5, 5.41) is 0. The Balaban J connectivity index is 1.52. The van der Waals surface area contributed by atoms with Crippen molar-refractivity contribution in [2.45, 2.75) is 58.8 Å². The highest BCUT2D eigenvalue weighted by atomic mass is 16.5. The summed E-state index contributed by atoms with van der Waals surface area (Å²) in [5.41, 5.74) is 1.90. The first-order valence-corrected chi connectivity index (χ1v) is 9.07. The van der Waals surface area contributed by atoms with Crippen molar-refractivity contribution in [2.24, 2.45) is 5.41 Å². The van der Waals surface area contributed by atoms with E-state index in [1.165, 1.54) is 16.9 Å². The van der Waals surface area contributed by atoms with E-state index in [-0.39, 0.29) is 17.2 Å². The summed E-state index contributed by atoms with van der Waals surface area (Å²) in [6.07, 6.45) is 6.20. The lowest BCUT2D eigenvalue weighted by Crippen LogP contribution is -2.37. The van der Waals surface area contributed by atoms with Gasteiger partial charge in [0, 0.05) is 13.0 Å². The Hall–Kier alpha value is -1.84. The molecule has 1 saturated carbocycles. The second-order valence-corrected chi connectivity index (χ2v) is 7.34. The molecule has 0 unspecified atom stereocenters. The Kier molecular flexibility index (Phi) is 4.93. The highest BCUT2D eigenvalue weighted by Crippen LogP contribution is 2.45. The van der Waals surface area contributed by atoms with Crippen LogP contribution in [-0.2, 0) is 9.59 Å². The van der Waals surface area contributed by atoms with Crippen LogP contribution in [0.3, 0.4) is 0 Å². The van der Waals surface area contributed by atoms with Crippen LogP contribution >= 0.6 is 0 Å². The summed E-state index contributed by atoms with van der Waals surface area (Å²) < 4.78 is 5.84. The smallest absolute Gasteiger partial charge is 0.235 e. The summed E-state index contributed by atoms with van der Waals surface area (Å²) in [6.45, 7) is 5.06. The van der Waals surface area contributed by atoms with Gasteiger partial charge in [0.1, 0.15) is 5.75 Å². The number of amides is 2. The number of hydrogen-bond donors (Lipinski definition) is 0. The van der Waals surface area contributed by atoms with Crippen LogP contribution in [0.15, 0.2) is 18.2 Å². The molecule has 1 aliphatic heterocycles. The molecule has 1 heterocycles. The SMILES string of the molecule is Cc1ccc(C)c(OCCCN2C(=O)CC3(CCCCC3)C2=O)c1. The van der Waals surface area contributed by atoms with Gasteiger partial charge < -0.3 is 4.74 Å². The number of imide groups is 1.